The lowest BCUT2D eigenvalue weighted by Crippen LogP contribution is -2.47. The number of hydrogen-bond acceptors (Lipinski definition) is 4. The van der Waals surface area contributed by atoms with Crippen molar-refractivity contribution < 1.29 is 9.59 Å². The number of benzene rings is 2. The molecule has 1 aromatic heterocycles. The van der Waals surface area contributed by atoms with Crippen LogP contribution in [-0.4, -0.2) is 47.0 Å². The number of thiophene rings is 1. The Bertz CT molecular complexity index is 1070. The normalized spacial score (nSPS) is 15.1. The largest absolute Gasteiger partial charge is 0.330 e. The summed E-state index contributed by atoms with van der Waals surface area (Å²) in [5.41, 5.74) is 2.29. The number of thioether (sulfide) groups is 1. The van der Waals surface area contributed by atoms with Gasteiger partial charge in [0, 0.05) is 22.9 Å². The molecule has 2 amide bonds. The lowest BCUT2D eigenvalue weighted by molar-refractivity contribution is -0.140. The Labute approximate surface area is 197 Å². The average molecular weight is 463 g/mol. The van der Waals surface area contributed by atoms with Gasteiger partial charge < -0.3 is 9.80 Å². The van der Waals surface area contributed by atoms with E-state index in [0.717, 1.165) is 16.9 Å². The molecular formula is C26H26N2O2S2. The lowest BCUT2D eigenvalue weighted by Gasteiger charge is -2.37. The van der Waals surface area contributed by atoms with E-state index in [1.165, 1.54) is 22.2 Å². The van der Waals surface area contributed by atoms with Crippen molar-refractivity contribution in [1.29, 1.82) is 0 Å². The van der Waals surface area contributed by atoms with Gasteiger partial charge in [-0.15, -0.1) is 29.7 Å². The number of nitrogens with zero attached hydrogens (tertiary/aromatic N) is 2. The van der Waals surface area contributed by atoms with Gasteiger partial charge in [-0.1, -0.05) is 54.6 Å². The van der Waals surface area contributed by atoms with Crippen LogP contribution < -0.4 is 0 Å². The van der Waals surface area contributed by atoms with E-state index in [9.17, 15) is 9.59 Å². The van der Waals surface area contributed by atoms with E-state index in [4.69, 9.17) is 0 Å². The highest BCUT2D eigenvalue weighted by Crippen LogP contribution is 2.37. The second-order valence-electron chi connectivity index (χ2n) is 7.61. The summed E-state index contributed by atoms with van der Waals surface area (Å²) >= 11 is 3.24. The smallest absolute Gasteiger partial charge is 0.243 e. The second-order valence-corrected chi connectivity index (χ2v) is 9.66. The highest BCUT2D eigenvalue weighted by atomic mass is 32.2. The van der Waals surface area contributed by atoms with Crippen LogP contribution in [-0.2, 0) is 16.0 Å². The van der Waals surface area contributed by atoms with Gasteiger partial charge in [-0.3, -0.25) is 9.59 Å². The quantitative estimate of drug-likeness (QED) is 0.348. The minimum Gasteiger partial charge on any atom is -0.330 e. The first-order valence-electron chi connectivity index (χ1n) is 10.6. The zero-order chi connectivity index (χ0) is 22.3. The molecule has 0 aliphatic carbocycles. The molecule has 0 saturated carbocycles. The predicted octanol–water partition coefficient (Wildman–Crippen LogP) is 5.03. The van der Waals surface area contributed by atoms with Gasteiger partial charge in [0.2, 0.25) is 11.8 Å². The van der Waals surface area contributed by atoms with Crippen molar-refractivity contribution in [2.75, 3.05) is 25.4 Å². The van der Waals surface area contributed by atoms with E-state index in [1.54, 1.807) is 22.3 Å². The van der Waals surface area contributed by atoms with Crippen molar-refractivity contribution in [3.63, 3.8) is 0 Å². The Hall–Kier alpha value is -2.83. The molecule has 32 heavy (non-hydrogen) atoms. The van der Waals surface area contributed by atoms with E-state index in [2.05, 4.69) is 30.2 Å². The first-order chi connectivity index (χ1) is 15.7. The Kier molecular flexibility index (Phi) is 7.45. The molecule has 1 aliphatic rings. The number of rotatable bonds is 8. The van der Waals surface area contributed by atoms with E-state index in [1.807, 2.05) is 53.4 Å². The molecule has 0 radical (unpaired) electrons. The second kappa shape index (κ2) is 10.7. The summed E-state index contributed by atoms with van der Waals surface area (Å²) in [4.78, 5) is 32.3. The highest BCUT2D eigenvalue weighted by molar-refractivity contribution is 8.00. The SMILES string of the molecule is C=CCN(CC(=O)N1CCc2sccc2C1c1ccccc1)C(=O)CSc1ccccc1. The fourth-order valence-electron chi connectivity index (χ4n) is 4.00. The number of carbonyl (C=O) groups is 2. The van der Waals surface area contributed by atoms with Crippen LogP contribution in [0, 0.1) is 0 Å². The Balaban J connectivity index is 1.49. The minimum absolute atomic E-state index is 0.0318. The fraction of sp³-hybridized carbons (Fsp3) is 0.231. The van der Waals surface area contributed by atoms with Gasteiger partial charge in [-0.2, -0.15) is 0 Å². The van der Waals surface area contributed by atoms with Crippen molar-refractivity contribution in [2.24, 2.45) is 0 Å². The van der Waals surface area contributed by atoms with Gasteiger partial charge in [0.1, 0.15) is 6.54 Å². The monoisotopic (exact) mass is 462 g/mol. The molecule has 164 valence electrons. The minimum atomic E-state index is -0.113. The van der Waals surface area contributed by atoms with Gasteiger partial charge in [-0.25, -0.2) is 0 Å². The number of hydrogen-bond donors (Lipinski definition) is 0. The van der Waals surface area contributed by atoms with E-state index < -0.39 is 0 Å². The zero-order valence-electron chi connectivity index (χ0n) is 17.9. The summed E-state index contributed by atoms with van der Waals surface area (Å²) in [7, 11) is 0. The molecule has 0 fully saturated rings. The molecule has 2 heterocycles. The van der Waals surface area contributed by atoms with Gasteiger partial charge in [0.15, 0.2) is 0 Å². The standard InChI is InChI=1S/C26H26N2O2S2/c1-2-15-27(25(30)19-32-21-11-7-4-8-12-21)18-24(29)28-16-13-23-22(14-17-31-23)26(28)20-9-5-3-6-10-20/h2-12,14,17,26H,1,13,15-16,18-19H2. The zero-order valence-corrected chi connectivity index (χ0v) is 19.5. The van der Waals surface area contributed by atoms with Crippen LogP contribution in [0.5, 0.6) is 0 Å². The Morgan fingerprint density at radius 3 is 2.53 bits per heavy atom. The summed E-state index contributed by atoms with van der Waals surface area (Å²) in [6.07, 6.45) is 2.53. The Morgan fingerprint density at radius 2 is 1.81 bits per heavy atom. The molecule has 4 nitrogen and oxygen atoms in total. The van der Waals surface area contributed by atoms with Gasteiger partial charge >= 0.3 is 0 Å². The van der Waals surface area contributed by atoms with Crippen molar-refractivity contribution in [1.82, 2.24) is 9.80 Å². The molecular weight excluding hydrogens is 436 g/mol. The van der Waals surface area contributed by atoms with Crippen molar-refractivity contribution in [3.05, 3.63) is 101 Å². The molecule has 6 heteroatoms. The van der Waals surface area contributed by atoms with Crippen LogP contribution in [0.1, 0.15) is 22.0 Å². The van der Waals surface area contributed by atoms with Crippen LogP contribution in [0.15, 0.2) is 89.7 Å². The van der Waals surface area contributed by atoms with Crippen LogP contribution >= 0.6 is 23.1 Å². The van der Waals surface area contributed by atoms with Crippen molar-refractivity contribution in [2.45, 2.75) is 17.4 Å². The van der Waals surface area contributed by atoms with E-state index in [0.29, 0.717) is 18.8 Å². The number of amides is 2. The topological polar surface area (TPSA) is 40.6 Å². The summed E-state index contributed by atoms with van der Waals surface area (Å²) in [6, 6.07) is 22.0. The first kappa shape index (κ1) is 22.4. The third kappa shape index (κ3) is 5.14. The van der Waals surface area contributed by atoms with E-state index in [-0.39, 0.29) is 24.4 Å². The number of fused-ring (bicyclic) bond motifs is 1. The molecule has 2 aromatic carbocycles. The molecule has 3 aromatic rings. The van der Waals surface area contributed by atoms with Gasteiger partial charge in [0.05, 0.1) is 11.8 Å². The third-order valence-electron chi connectivity index (χ3n) is 5.54. The van der Waals surface area contributed by atoms with Crippen LogP contribution in [0.2, 0.25) is 0 Å². The average Bonchev–Trinajstić information content (AvgIpc) is 3.31. The highest BCUT2D eigenvalue weighted by Gasteiger charge is 2.33. The molecule has 4 rings (SSSR count). The molecule has 0 spiro atoms. The maximum atomic E-state index is 13.5. The molecule has 1 aliphatic heterocycles. The molecule has 0 bridgehead atoms. The molecule has 0 N–H and O–H groups in total. The first-order valence-corrected chi connectivity index (χ1v) is 12.5. The van der Waals surface area contributed by atoms with Crippen LogP contribution in [0.25, 0.3) is 0 Å². The van der Waals surface area contributed by atoms with E-state index >= 15 is 0 Å². The van der Waals surface area contributed by atoms with Crippen LogP contribution in [0.3, 0.4) is 0 Å². The van der Waals surface area contributed by atoms with Crippen LogP contribution in [0.4, 0.5) is 0 Å². The lowest BCUT2D eigenvalue weighted by atomic mass is 9.93. The number of carbonyl (C=O) groups excluding carboxylic acids is 2. The maximum absolute atomic E-state index is 13.5. The summed E-state index contributed by atoms with van der Waals surface area (Å²) in [6.45, 7) is 4.85. The summed E-state index contributed by atoms with van der Waals surface area (Å²) in [5.74, 6) is 0.203. The fourth-order valence-corrected chi connectivity index (χ4v) is 5.72. The summed E-state index contributed by atoms with van der Waals surface area (Å²) in [5, 5.41) is 2.10. The van der Waals surface area contributed by atoms with Gasteiger partial charge in [-0.05, 0) is 41.1 Å². The van der Waals surface area contributed by atoms with Crippen molar-refractivity contribution >= 4 is 34.9 Å². The van der Waals surface area contributed by atoms with Gasteiger partial charge in [0.25, 0.3) is 0 Å². The Morgan fingerprint density at radius 1 is 1.09 bits per heavy atom. The molecule has 1 atom stereocenters. The third-order valence-corrected chi connectivity index (χ3v) is 7.53. The summed E-state index contributed by atoms with van der Waals surface area (Å²) < 4.78 is 0. The maximum Gasteiger partial charge on any atom is 0.243 e. The predicted molar refractivity (Wildman–Crippen MR) is 132 cm³/mol. The molecule has 1 unspecified atom stereocenters. The molecule has 0 saturated heterocycles. The van der Waals surface area contributed by atoms with Crippen molar-refractivity contribution in [3.8, 4) is 0 Å².